The third-order valence-corrected chi connectivity index (χ3v) is 14.7. The molecular formula is C67H51IrN5O2-2. The quantitative estimate of drug-likeness (QED) is 0.107. The fraction of sp³-hybridized carbons (Fsp3) is 0.104. The Morgan fingerprint density at radius 1 is 0.547 bits per heavy atom. The Kier molecular flexibility index (Phi) is 12.5. The summed E-state index contributed by atoms with van der Waals surface area (Å²) in [5, 5.41) is 17.6. The predicted molar refractivity (Wildman–Crippen MR) is 304 cm³/mol. The van der Waals surface area contributed by atoms with Crippen LogP contribution < -0.4 is 4.74 Å². The number of aryl methyl sites for hydroxylation is 1. The molecule has 14 aromatic rings. The van der Waals surface area contributed by atoms with Crippen LogP contribution in [0.2, 0.25) is 0 Å². The second-order valence-corrected chi connectivity index (χ2v) is 19.3. The molecule has 14 rings (SSSR count). The second kappa shape index (κ2) is 19.7. The summed E-state index contributed by atoms with van der Waals surface area (Å²) in [5.74, 6) is 1.49. The number of benzene rings is 9. The third kappa shape index (κ3) is 8.46. The van der Waals surface area contributed by atoms with Crippen LogP contribution in [0.4, 0.5) is 0 Å². The Morgan fingerprint density at radius 3 is 2.04 bits per heavy atom. The van der Waals surface area contributed by atoms with Crippen LogP contribution in [-0.4, -0.2) is 30.6 Å². The van der Waals surface area contributed by atoms with E-state index < -0.39 is 0 Å². The molecule has 1 unspecified atom stereocenters. The van der Waals surface area contributed by atoms with E-state index in [1.54, 1.807) is 0 Å². The van der Waals surface area contributed by atoms with Gasteiger partial charge in [-0.1, -0.05) is 117 Å². The van der Waals surface area contributed by atoms with Crippen LogP contribution in [0, 0.1) is 31.9 Å². The summed E-state index contributed by atoms with van der Waals surface area (Å²) in [4.78, 5) is 0. The Labute approximate surface area is 448 Å². The SMILES string of the molecule is CCC(C)COc1ccc(-c2c(C)nn(-c3[c-]cccc3)c2C)cc1.[Ir].[c-]1cccc2c3cc(-c4cccc(-n5c6ccccc6c6cc(-c7ccc8oc9ccccc9c8c7)ccc65)c4)ccc3c3ccnn3c12. The van der Waals surface area contributed by atoms with Crippen LogP contribution in [-0.2, 0) is 20.1 Å². The Morgan fingerprint density at radius 2 is 1.21 bits per heavy atom. The van der Waals surface area contributed by atoms with Crippen LogP contribution in [0.25, 0.3) is 116 Å². The molecule has 0 aliphatic heterocycles. The Hall–Kier alpha value is -8.55. The van der Waals surface area contributed by atoms with Gasteiger partial charge in [0.25, 0.3) is 0 Å². The number of ether oxygens (including phenoxy) is 1. The molecule has 0 saturated heterocycles. The largest absolute Gasteiger partial charge is 0.493 e. The fourth-order valence-corrected chi connectivity index (χ4v) is 10.7. The number of aromatic nitrogens is 5. The van der Waals surface area contributed by atoms with E-state index in [0.717, 1.165) is 85.5 Å². The van der Waals surface area contributed by atoms with Crippen molar-refractivity contribution < 1.29 is 29.3 Å². The van der Waals surface area contributed by atoms with Gasteiger partial charge in [0.15, 0.2) is 0 Å². The van der Waals surface area contributed by atoms with Gasteiger partial charge < -0.3 is 13.7 Å². The van der Waals surface area contributed by atoms with Crippen LogP contribution in [0.3, 0.4) is 0 Å². The normalized spacial score (nSPS) is 11.9. The minimum Gasteiger partial charge on any atom is -0.493 e. The molecule has 0 N–H and O–H groups in total. The van der Waals surface area contributed by atoms with Crippen molar-refractivity contribution in [2.75, 3.05) is 6.61 Å². The first-order valence-corrected chi connectivity index (χ1v) is 25.4. The Bertz CT molecular complexity index is 4410. The van der Waals surface area contributed by atoms with Crippen LogP contribution >= 0.6 is 0 Å². The molecule has 1 radical (unpaired) electrons. The average Bonchev–Trinajstić information content (AvgIpc) is 4.29. The maximum absolute atomic E-state index is 6.11. The number of para-hydroxylation sites is 4. The molecule has 5 heterocycles. The van der Waals surface area contributed by atoms with Gasteiger partial charge in [0.05, 0.1) is 28.9 Å². The second-order valence-electron chi connectivity index (χ2n) is 19.3. The molecule has 0 bridgehead atoms. The summed E-state index contributed by atoms with van der Waals surface area (Å²) >= 11 is 0. The summed E-state index contributed by atoms with van der Waals surface area (Å²) in [5.41, 5.74) is 17.5. The molecule has 75 heavy (non-hydrogen) atoms. The van der Waals surface area contributed by atoms with Gasteiger partial charge in [0.2, 0.25) is 0 Å². The van der Waals surface area contributed by atoms with E-state index in [2.05, 4.69) is 195 Å². The standard InChI is InChI=1S/C45H26N3O.C22H25N2O.Ir/c1-4-13-40-34(11-1)38-26-30(31-18-21-45-39(27-31)36-12-3-6-15-44(36)49-45)17-20-41(38)47(40)32-9-7-8-28(24-32)29-16-19-35-37(25-29)33-10-2-5-14-42(33)48-43(35)22-23-46-48;1-5-16(2)15-25-21-13-11-19(12-14-21)22-17(3)23-24(18(22)4)20-9-7-6-8-10-20;/h1-13,15-27H;6-9,11-14,16H,5,15H2,1-4H3;/q2*-1;. The van der Waals surface area contributed by atoms with Gasteiger partial charge >= 0.3 is 0 Å². The fourth-order valence-electron chi connectivity index (χ4n) is 10.7. The van der Waals surface area contributed by atoms with E-state index in [1.807, 2.05) is 70.0 Å². The monoisotopic (exact) mass is 1150 g/mol. The molecule has 8 heteroatoms. The summed E-state index contributed by atoms with van der Waals surface area (Å²) in [6.45, 7) is 9.30. The topological polar surface area (TPSA) is 62.4 Å². The first-order valence-electron chi connectivity index (χ1n) is 25.4. The molecule has 0 aliphatic carbocycles. The van der Waals surface area contributed by atoms with E-state index in [9.17, 15) is 0 Å². The number of nitrogens with zero attached hydrogens (tertiary/aromatic N) is 5. The molecule has 7 nitrogen and oxygen atoms in total. The van der Waals surface area contributed by atoms with Gasteiger partial charge in [-0.2, -0.15) is 58.7 Å². The number of furan rings is 1. The number of fused-ring (bicyclic) bond motifs is 12. The van der Waals surface area contributed by atoms with Gasteiger partial charge in [-0.05, 0) is 131 Å². The van der Waals surface area contributed by atoms with Gasteiger partial charge in [-0.15, -0.1) is 11.5 Å². The van der Waals surface area contributed by atoms with Crippen molar-refractivity contribution in [2.45, 2.75) is 34.1 Å². The predicted octanol–water partition coefficient (Wildman–Crippen LogP) is 17.2. The number of hydrogen-bond donors (Lipinski definition) is 0. The maximum atomic E-state index is 6.11. The molecule has 1 atom stereocenters. The Balaban J connectivity index is 0.000000186. The van der Waals surface area contributed by atoms with E-state index in [0.29, 0.717) is 5.92 Å². The van der Waals surface area contributed by atoms with Crippen molar-refractivity contribution in [3.8, 4) is 50.5 Å². The van der Waals surface area contributed by atoms with Crippen LogP contribution in [0.1, 0.15) is 31.7 Å². The van der Waals surface area contributed by atoms with Gasteiger partial charge in [-0.3, -0.25) is 9.20 Å². The number of hydrogen-bond acceptors (Lipinski definition) is 4. The third-order valence-electron chi connectivity index (χ3n) is 14.7. The van der Waals surface area contributed by atoms with Gasteiger partial charge in [0.1, 0.15) is 16.9 Å². The summed E-state index contributed by atoms with van der Waals surface area (Å²) in [7, 11) is 0. The van der Waals surface area contributed by atoms with Crippen LogP contribution in [0.5, 0.6) is 5.75 Å². The first-order chi connectivity index (χ1) is 36.4. The van der Waals surface area contributed by atoms with E-state index in [-0.39, 0.29) is 20.1 Å². The maximum Gasteiger partial charge on any atom is 0.135 e. The van der Waals surface area contributed by atoms with Crippen molar-refractivity contribution in [2.24, 2.45) is 5.92 Å². The van der Waals surface area contributed by atoms with Crippen molar-refractivity contribution in [1.82, 2.24) is 24.0 Å². The van der Waals surface area contributed by atoms with Gasteiger partial charge in [0, 0.05) is 64.8 Å². The van der Waals surface area contributed by atoms with E-state index in [4.69, 9.17) is 14.3 Å². The van der Waals surface area contributed by atoms with E-state index >= 15 is 0 Å². The zero-order chi connectivity index (χ0) is 49.9. The molecule has 9 aromatic carbocycles. The number of pyridine rings is 1. The molecular weight excluding hydrogens is 1100 g/mol. The molecule has 0 spiro atoms. The number of rotatable bonds is 9. The minimum absolute atomic E-state index is 0. The summed E-state index contributed by atoms with van der Waals surface area (Å²) < 4.78 is 18.3. The molecule has 0 saturated carbocycles. The first kappa shape index (κ1) is 47.5. The zero-order valence-electron chi connectivity index (χ0n) is 42.0. The molecule has 367 valence electrons. The molecule has 0 fully saturated rings. The summed E-state index contributed by atoms with van der Waals surface area (Å²) in [6, 6.07) is 77.1. The molecule has 0 aliphatic rings. The zero-order valence-corrected chi connectivity index (χ0v) is 44.4. The summed E-state index contributed by atoms with van der Waals surface area (Å²) in [6.07, 6.45) is 2.99. The minimum atomic E-state index is 0. The molecule has 0 amide bonds. The molecule has 5 aromatic heterocycles. The van der Waals surface area contributed by atoms with Crippen molar-refractivity contribution in [3.05, 3.63) is 230 Å². The van der Waals surface area contributed by atoms with Crippen molar-refractivity contribution in [3.63, 3.8) is 0 Å². The smallest absolute Gasteiger partial charge is 0.135 e. The van der Waals surface area contributed by atoms with Crippen molar-refractivity contribution >= 4 is 70.9 Å². The van der Waals surface area contributed by atoms with E-state index in [1.165, 1.54) is 60.4 Å². The van der Waals surface area contributed by atoms with Crippen LogP contribution in [0.15, 0.2) is 211 Å². The van der Waals surface area contributed by atoms with Crippen molar-refractivity contribution in [1.29, 1.82) is 0 Å². The van der Waals surface area contributed by atoms with Gasteiger partial charge in [-0.25, -0.2) is 0 Å². The average molecular weight is 1150 g/mol.